The van der Waals surface area contributed by atoms with E-state index in [1.165, 1.54) is 11.8 Å². The molecule has 6 heteroatoms. The minimum absolute atomic E-state index is 0.541. The molecule has 3 aromatic heterocycles. The van der Waals surface area contributed by atoms with E-state index in [4.69, 9.17) is 4.42 Å². The number of benzene rings is 1. The van der Waals surface area contributed by atoms with E-state index in [1.807, 2.05) is 48.7 Å². The first-order valence-electron chi connectivity index (χ1n) is 7.25. The van der Waals surface area contributed by atoms with Crippen molar-refractivity contribution in [3.8, 4) is 11.5 Å². The van der Waals surface area contributed by atoms with Crippen LogP contribution in [0.15, 0.2) is 64.4 Å². The predicted octanol–water partition coefficient (Wildman–Crippen LogP) is 3.99. The number of hydrogen-bond acceptors (Lipinski definition) is 5. The molecule has 0 aliphatic rings. The third kappa shape index (κ3) is 2.85. The molecular formula is C17H14N4OS. The minimum atomic E-state index is 0.541. The molecule has 0 unspecified atom stereocenters. The second kappa shape index (κ2) is 5.89. The van der Waals surface area contributed by atoms with Crippen LogP contribution in [0.25, 0.3) is 17.1 Å². The molecule has 0 spiro atoms. The average molecular weight is 322 g/mol. The Morgan fingerprint density at radius 2 is 1.91 bits per heavy atom. The van der Waals surface area contributed by atoms with Crippen molar-refractivity contribution in [2.45, 2.75) is 17.9 Å². The van der Waals surface area contributed by atoms with Crippen LogP contribution in [-0.2, 0) is 5.75 Å². The lowest BCUT2D eigenvalue weighted by Gasteiger charge is -1.95. The highest BCUT2D eigenvalue weighted by atomic mass is 32.2. The van der Waals surface area contributed by atoms with Crippen LogP contribution in [0, 0.1) is 6.92 Å². The molecule has 0 bridgehead atoms. The highest BCUT2D eigenvalue weighted by molar-refractivity contribution is 7.98. The summed E-state index contributed by atoms with van der Waals surface area (Å²) in [5.74, 6) is 1.23. The third-order valence-corrected chi connectivity index (χ3v) is 4.37. The van der Waals surface area contributed by atoms with E-state index in [9.17, 15) is 0 Å². The predicted molar refractivity (Wildman–Crippen MR) is 89.2 cm³/mol. The van der Waals surface area contributed by atoms with Crippen molar-refractivity contribution in [1.29, 1.82) is 0 Å². The van der Waals surface area contributed by atoms with Crippen molar-refractivity contribution in [3.63, 3.8) is 0 Å². The van der Waals surface area contributed by atoms with Crippen LogP contribution in [0.2, 0.25) is 0 Å². The van der Waals surface area contributed by atoms with Gasteiger partial charge >= 0.3 is 0 Å². The van der Waals surface area contributed by atoms with Crippen LogP contribution in [0.3, 0.4) is 0 Å². The maximum Gasteiger partial charge on any atom is 0.277 e. The minimum Gasteiger partial charge on any atom is -0.411 e. The lowest BCUT2D eigenvalue weighted by molar-refractivity contribution is 0.466. The van der Waals surface area contributed by atoms with Gasteiger partial charge in [-0.3, -0.25) is 0 Å². The van der Waals surface area contributed by atoms with Gasteiger partial charge in [-0.25, -0.2) is 4.98 Å². The molecule has 1 aromatic carbocycles. The molecule has 0 fully saturated rings. The number of aromatic nitrogens is 4. The van der Waals surface area contributed by atoms with Crippen molar-refractivity contribution in [3.05, 3.63) is 66.1 Å². The Bertz CT molecular complexity index is 946. The van der Waals surface area contributed by atoms with Crippen molar-refractivity contribution in [2.75, 3.05) is 0 Å². The average Bonchev–Trinajstić information content (AvgIpc) is 3.21. The summed E-state index contributed by atoms with van der Waals surface area (Å²) in [6.07, 6.45) is 2.05. The molecule has 0 aliphatic carbocycles. The summed E-state index contributed by atoms with van der Waals surface area (Å²) < 4.78 is 7.78. The zero-order valence-electron chi connectivity index (χ0n) is 12.5. The van der Waals surface area contributed by atoms with Crippen molar-refractivity contribution >= 4 is 17.4 Å². The normalized spacial score (nSPS) is 11.2. The van der Waals surface area contributed by atoms with E-state index >= 15 is 0 Å². The first-order valence-corrected chi connectivity index (χ1v) is 8.23. The Kier molecular flexibility index (Phi) is 3.59. The Morgan fingerprint density at radius 1 is 1.04 bits per heavy atom. The molecule has 4 aromatic rings. The van der Waals surface area contributed by atoms with Gasteiger partial charge in [0, 0.05) is 23.2 Å². The van der Waals surface area contributed by atoms with E-state index in [0.717, 1.165) is 22.6 Å². The van der Waals surface area contributed by atoms with Crippen LogP contribution < -0.4 is 0 Å². The summed E-state index contributed by atoms with van der Waals surface area (Å²) in [7, 11) is 0. The molecule has 23 heavy (non-hydrogen) atoms. The van der Waals surface area contributed by atoms with Crippen LogP contribution in [0.1, 0.15) is 11.4 Å². The van der Waals surface area contributed by atoms with Crippen LogP contribution in [0.4, 0.5) is 0 Å². The molecule has 0 radical (unpaired) electrons. The smallest absolute Gasteiger partial charge is 0.277 e. The summed E-state index contributed by atoms with van der Waals surface area (Å²) in [5, 5.41) is 8.74. The number of thioether (sulfide) groups is 1. The fraction of sp³-hybridized carbons (Fsp3) is 0.118. The number of aryl methyl sites for hydroxylation is 1. The molecule has 4 rings (SSSR count). The molecule has 3 heterocycles. The maximum atomic E-state index is 5.70. The van der Waals surface area contributed by atoms with E-state index in [1.54, 1.807) is 0 Å². The van der Waals surface area contributed by atoms with Gasteiger partial charge in [-0.2, -0.15) is 0 Å². The molecule has 0 atom stereocenters. The summed E-state index contributed by atoms with van der Waals surface area (Å²) >= 11 is 1.49. The van der Waals surface area contributed by atoms with Gasteiger partial charge in [0.25, 0.3) is 5.22 Å². The van der Waals surface area contributed by atoms with Crippen LogP contribution in [0.5, 0.6) is 0 Å². The second-order valence-electron chi connectivity index (χ2n) is 5.16. The summed E-state index contributed by atoms with van der Waals surface area (Å²) in [6.45, 7) is 2.07. The van der Waals surface area contributed by atoms with Crippen molar-refractivity contribution < 1.29 is 4.42 Å². The Balaban J connectivity index is 1.50. The highest BCUT2D eigenvalue weighted by Gasteiger charge is 2.10. The molecule has 5 nitrogen and oxygen atoms in total. The lowest BCUT2D eigenvalue weighted by atomic mass is 10.2. The van der Waals surface area contributed by atoms with E-state index in [-0.39, 0.29) is 0 Å². The molecular weight excluding hydrogens is 308 g/mol. The number of imidazole rings is 1. The SMILES string of the molecule is Cc1cccc2nc(CSc3nnc(-c4ccccc4)o3)cn12. The fourth-order valence-electron chi connectivity index (χ4n) is 2.37. The van der Waals surface area contributed by atoms with Crippen molar-refractivity contribution in [2.24, 2.45) is 0 Å². The highest BCUT2D eigenvalue weighted by Crippen LogP contribution is 2.25. The first-order chi connectivity index (χ1) is 11.3. The first kappa shape index (κ1) is 14.0. The van der Waals surface area contributed by atoms with Crippen LogP contribution >= 0.6 is 11.8 Å². The zero-order valence-corrected chi connectivity index (χ0v) is 13.3. The molecule has 0 saturated carbocycles. The second-order valence-corrected chi connectivity index (χ2v) is 6.08. The Morgan fingerprint density at radius 3 is 2.74 bits per heavy atom. The van der Waals surface area contributed by atoms with Gasteiger partial charge in [0.05, 0.1) is 5.69 Å². The topological polar surface area (TPSA) is 56.2 Å². The molecule has 0 saturated heterocycles. The standard InChI is InChI=1S/C17H14N4OS/c1-12-6-5-9-15-18-14(10-21(12)15)11-23-17-20-19-16(22-17)13-7-3-2-4-8-13/h2-10H,11H2,1H3. The van der Waals surface area contributed by atoms with Gasteiger partial charge in [-0.05, 0) is 31.2 Å². The third-order valence-electron chi connectivity index (χ3n) is 3.52. The maximum absolute atomic E-state index is 5.70. The van der Waals surface area contributed by atoms with Gasteiger partial charge in [0.1, 0.15) is 5.65 Å². The van der Waals surface area contributed by atoms with Gasteiger partial charge in [0.2, 0.25) is 5.89 Å². The van der Waals surface area contributed by atoms with Gasteiger partial charge in [-0.1, -0.05) is 36.0 Å². The number of pyridine rings is 1. The molecule has 0 amide bonds. The number of fused-ring (bicyclic) bond motifs is 1. The van der Waals surface area contributed by atoms with Gasteiger partial charge in [-0.15, -0.1) is 10.2 Å². The van der Waals surface area contributed by atoms with Crippen molar-refractivity contribution in [1.82, 2.24) is 19.6 Å². The summed E-state index contributed by atoms with van der Waals surface area (Å²) in [5.41, 5.74) is 4.03. The van der Waals surface area contributed by atoms with Gasteiger partial charge < -0.3 is 8.82 Å². The van der Waals surface area contributed by atoms with E-state index < -0.39 is 0 Å². The monoisotopic (exact) mass is 322 g/mol. The van der Waals surface area contributed by atoms with Crippen LogP contribution in [-0.4, -0.2) is 19.6 Å². The summed E-state index contributed by atoms with van der Waals surface area (Å²) in [6, 6.07) is 15.8. The zero-order chi connectivity index (χ0) is 15.6. The molecule has 0 aliphatic heterocycles. The number of hydrogen-bond donors (Lipinski definition) is 0. The Hall–Kier alpha value is -2.60. The van der Waals surface area contributed by atoms with Gasteiger partial charge in [0.15, 0.2) is 0 Å². The molecule has 0 N–H and O–H groups in total. The lowest BCUT2D eigenvalue weighted by Crippen LogP contribution is -1.86. The Labute approximate surface area is 137 Å². The van der Waals surface area contributed by atoms with E-state index in [2.05, 4.69) is 32.6 Å². The fourth-order valence-corrected chi connectivity index (χ4v) is 3.02. The number of nitrogens with zero attached hydrogens (tertiary/aromatic N) is 4. The van der Waals surface area contributed by atoms with E-state index in [0.29, 0.717) is 16.9 Å². The molecule has 114 valence electrons. The quantitative estimate of drug-likeness (QED) is 0.532. The number of rotatable bonds is 4. The largest absolute Gasteiger partial charge is 0.411 e. The summed E-state index contributed by atoms with van der Waals surface area (Å²) in [4.78, 5) is 4.61.